The molecule has 0 aliphatic carbocycles. The Morgan fingerprint density at radius 3 is 2.65 bits per heavy atom. The lowest BCUT2D eigenvalue weighted by Gasteiger charge is -2.06. The molecule has 0 saturated carbocycles. The van der Waals surface area contributed by atoms with Gasteiger partial charge in [0.05, 0.1) is 5.69 Å². The molecule has 3 aromatic rings. The van der Waals surface area contributed by atoms with Gasteiger partial charge < -0.3 is 4.74 Å². The lowest BCUT2D eigenvalue weighted by molar-refractivity contribution is -0.131. The van der Waals surface area contributed by atoms with E-state index in [1.807, 2.05) is 60.7 Å². The van der Waals surface area contributed by atoms with Crippen molar-refractivity contribution in [2.24, 2.45) is 0 Å². The Kier molecular flexibility index (Phi) is 4.40. The zero-order valence-corrected chi connectivity index (χ0v) is 13.2. The zero-order chi connectivity index (χ0) is 16.2. The number of pyridine rings is 1. The molecule has 0 aliphatic heterocycles. The summed E-state index contributed by atoms with van der Waals surface area (Å²) in [6, 6.07) is 16.9. The summed E-state index contributed by atoms with van der Waals surface area (Å²) in [6.07, 6.45) is 3.79. The van der Waals surface area contributed by atoms with Gasteiger partial charge in [-0.05, 0) is 29.8 Å². The number of para-hydroxylation sites is 1. The largest absolute Gasteiger partial charge is 0.424 e. The van der Waals surface area contributed by atoms with E-state index in [-0.39, 0.29) is 5.97 Å². The molecule has 2 aromatic carbocycles. The highest BCUT2D eigenvalue weighted by atomic mass is 35.5. The predicted molar refractivity (Wildman–Crippen MR) is 93.4 cm³/mol. The Labute approximate surface area is 139 Å². The van der Waals surface area contributed by atoms with E-state index < -0.39 is 0 Å². The number of benzene rings is 2. The fraction of sp³-hybridized carbons (Fsp3) is 0.0526. The Bertz CT molecular complexity index is 903. The minimum Gasteiger partial charge on any atom is -0.424 e. The summed E-state index contributed by atoms with van der Waals surface area (Å²) >= 11 is 6.14. The third-order valence-corrected chi connectivity index (χ3v) is 3.64. The third kappa shape index (κ3) is 3.58. The normalized spacial score (nSPS) is 11.0. The van der Waals surface area contributed by atoms with Crippen LogP contribution in [0.25, 0.3) is 23.1 Å². The summed E-state index contributed by atoms with van der Waals surface area (Å²) in [6.45, 7) is 1.37. The average molecular weight is 324 g/mol. The monoisotopic (exact) mass is 323 g/mol. The number of esters is 1. The minimum absolute atomic E-state index is 0.365. The van der Waals surface area contributed by atoms with Gasteiger partial charge in [-0.1, -0.05) is 54.1 Å². The van der Waals surface area contributed by atoms with E-state index in [1.54, 1.807) is 6.07 Å². The Hall–Kier alpha value is -2.65. The molecule has 23 heavy (non-hydrogen) atoms. The van der Waals surface area contributed by atoms with E-state index in [2.05, 4.69) is 4.98 Å². The number of ether oxygens (including phenoxy) is 1. The van der Waals surface area contributed by atoms with Crippen LogP contribution in [-0.4, -0.2) is 11.0 Å². The molecule has 3 nitrogen and oxygen atoms in total. The molecular weight excluding hydrogens is 310 g/mol. The molecule has 0 amide bonds. The van der Waals surface area contributed by atoms with E-state index in [0.717, 1.165) is 16.6 Å². The van der Waals surface area contributed by atoms with Crippen LogP contribution in [0.15, 0.2) is 54.6 Å². The van der Waals surface area contributed by atoms with Crippen molar-refractivity contribution in [2.75, 3.05) is 0 Å². The van der Waals surface area contributed by atoms with Crippen LogP contribution in [0, 0.1) is 0 Å². The summed E-state index contributed by atoms with van der Waals surface area (Å²) < 4.78 is 5.22. The number of aromatic nitrogens is 1. The molecule has 0 fully saturated rings. The predicted octanol–water partition coefficient (Wildman–Crippen LogP) is 4.98. The number of hydrogen-bond donors (Lipinski definition) is 0. The summed E-state index contributed by atoms with van der Waals surface area (Å²) in [5.74, 6) is 0.0966. The highest BCUT2D eigenvalue weighted by Crippen LogP contribution is 2.25. The van der Waals surface area contributed by atoms with Gasteiger partial charge in [-0.15, -0.1) is 0 Å². The second-order valence-corrected chi connectivity index (χ2v) is 5.42. The van der Waals surface area contributed by atoms with E-state index in [0.29, 0.717) is 16.3 Å². The van der Waals surface area contributed by atoms with Crippen molar-refractivity contribution >= 4 is 40.6 Å². The summed E-state index contributed by atoms with van der Waals surface area (Å²) in [4.78, 5) is 15.8. The van der Waals surface area contributed by atoms with Crippen molar-refractivity contribution in [3.05, 3.63) is 70.9 Å². The minimum atomic E-state index is -0.365. The van der Waals surface area contributed by atoms with Crippen molar-refractivity contribution in [2.45, 2.75) is 6.92 Å². The fourth-order valence-electron chi connectivity index (χ4n) is 2.25. The lowest BCUT2D eigenvalue weighted by atomic mass is 10.1. The number of hydrogen-bond acceptors (Lipinski definition) is 3. The molecule has 0 bridgehead atoms. The van der Waals surface area contributed by atoms with Crippen molar-refractivity contribution in [3.8, 4) is 5.75 Å². The highest BCUT2D eigenvalue weighted by Gasteiger charge is 2.06. The maximum atomic E-state index is 11.2. The number of fused-ring (bicyclic) bond motifs is 1. The molecule has 114 valence electrons. The number of carbonyl (C=O) groups excluding carboxylic acids is 1. The first-order valence-corrected chi connectivity index (χ1v) is 7.52. The first-order valence-electron chi connectivity index (χ1n) is 7.14. The second kappa shape index (κ2) is 6.63. The molecule has 0 aliphatic rings. The first-order chi connectivity index (χ1) is 11.1. The Morgan fingerprint density at radius 1 is 1.04 bits per heavy atom. The Morgan fingerprint density at radius 2 is 1.87 bits per heavy atom. The topological polar surface area (TPSA) is 39.2 Å². The molecule has 1 heterocycles. The summed E-state index contributed by atoms with van der Waals surface area (Å²) in [5.41, 5.74) is 2.34. The third-order valence-electron chi connectivity index (χ3n) is 3.30. The van der Waals surface area contributed by atoms with Crippen molar-refractivity contribution in [1.29, 1.82) is 0 Å². The van der Waals surface area contributed by atoms with Crippen molar-refractivity contribution in [1.82, 2.24) is 4.98 Å². The molecule has 0 atom stereocenters. The average Bonchev–Trinajstić information content (AvgIpc) is 2.54. The maximum Gasteiger partial charge on any atom is 0.308 e. The van der Waals surface area contributed by atoms with Gasteiger partial charge in [-0.3, -0.25) is 4.79 Å². The van der Waals surface area contributed by atoms with Gasteiger partial charge in [-0.2, -0.15) is 0 Å². The SMILES string of the molecule is CC(=O)Oc1cccc2ccc(/C=C/c3ccccc3Cl)nc12. The highest BCUT2D eigenvalue weighted by molar-refractivity contribution is 6.32. The fourth-order valence-corrected chi connectivity index (χ4v) is 2.45. The molecule has 0 unspecified atom stereocenters. The number of halogens is 1. The van der Waals surface area contributed by atoms with Gasteiger partial charge in [0, 0.05) is 17.3 Å². The number of nitrogens with zero attached hydrogens (tertiary/aromatic N) is 1. The molecule has 4 heteroatoms. The quantitative estimate of drug-likeness (QED) is 0.504. The van der Waals surface area contributed by atoms with E-state index in [1.165, 1.54) is 6.92 Å². The van der Waals surface area contributed by atoms with Gasteiger partial charge in [0.15, 0.2) is 5.75 Å². The van der Waals surface area contributed by atoms with E-state index in [9.17, 15) is 4.79 Å². The molecule has 0 radical (unpaired) electrons. The van der Waals surface area contributed by atoms with Crippen LogP contribution in [0.1, 0.15) is 18.2 Å². The summed E-state index contributed by atoms with van der Waals surface area (Å²) in [5, 5.41) is 1.60. The van der Waals surface area contributed by atoms with Crippen LogP contribution in [0.5, 0.6) is 5.75 Å². The standard InChI is InChI=1S/C19H14ClNO2/c1-13(22)23-18-8-4-6-15-10-12-16(21-19(15)18)11-9-14-5-2-3-7-17(14)20/h2-12H,1H3/b11-9+. The molecule has 3 rings (SSSR count). The number of rotatable bonds is 3. The van der Waals surface area contributed by atoms with Crippen LogP contribution in [0.4, 0.5) is 0 Å². The van der Waals surface area contributed by atoms with Gasteiger partial charge in [0.1, 0.15) is 5.52 Å². The van der Waals surface area contributed by atoms with Crippen LogP contribution >= 0.6 is 11.6 Å². The van der Waals surface area contributed by atoms with Crippen LogP contribution in [-0.2, 0) is 4.79 Å². The molecule has 1 aromatic heterocycles. The van der Waals surface area contributed by atoms with Crippen molar-refractivity contribution < 1.29 is 9.53 Å². The van der Waals surface area contributed by atoms with Gasteiger partial charge in [0.2, 0.25) is 0 Å². The maximum absolute atomic E-state index is 11.2. The second-order valence-electron chi connectivity index (χ2n) is 5.01. The van der Waals surface area contributed by atoms with Crippen LogP contribution < -0.4 is 4.74 Å². The van der Waals surface area contributed by atoms with Gasteiger partial charge in [-0.25, -0.2) is 4.98 Å². The van der Waals surface area contributed by atoms with Gasteiger partial charge >= 0.3 is 5.97 Å². The van der Waals surface area contributed by atoms with Crippen LogP contribution in [0.3, 0.4) is 0 Å². The molecule has 0 spiro atoms. The van der Waals surface area contributed by atoms with E-state index >= 15 is 0 Å². The smallest absolute Gasteiger partial charge is 0.308 e. The Balaban J connectivity index is 1.99. The number of carbonyl (C=O) groups is 1. The molecular formula is C19H14ClNO2. The lowest BCUT2D eigenvalue weighted by Crippen LogP contribution is -2.02. The first kappa shape index (κ1) is 15.3. The zero-order valence-electron chi connectivity index (χ0n) is 12.5. The summed E-state index contributed by atoms with van der Waals surface area (Å²) in [7, 11) is 0. The van der Waals surface area contributed by atoms with E-state index in [4.69, 9.17) is 16.3 Å². The molecule has 0 N–H and O–H groups in total. The van der Waals surface area contributed by atoms with Gasteiger partial charge in [0.25, 0.3) is 0 Å². The van der Waals surface area contributed by atoms with Crippen molar-refractivity contribution in [3.63, 3.8) is 0 Å². The van der Waals surface area contributed by atoms with Crippen LogP contribution in [0.2, 0.25) is 5.02 Å². The molecule has 0 saturated heterocycles.